The van der Waals surface area contributed by atoms with Crippen molar-refractivity contribution < 1.29 is 87.6 Å². The summed E-state index contributed by atoms with van der Waals surface area (Å²) in [6.45, 7) is 36.0. The molecule has 0 amide bonds. The topological polar surface area (TPSA) is 237 Å². The van der Waals surface area contributed by atoms with E-state index in [4.69, 9.17) is 37.2 Å². The van der Waals surface area contributed by atoms with Gasteiger partial charge in [-0.3, -0.25) is 29.9 Å². The molecule has 0 spiro atoms. The van der Waals surface area contributed by atoms with Crippen LogP contribution in [0.15, 0.2) is 184 Å². The van der Waals surface area contributed by atoms with Gasteiger partial charge in [-0.25, -0.2) is 0 Å². The molecule has 6 rings (SSSR count). The van der Waals surface area contributed by atoms with Crippen LogP contribution in [0.5, 0.6) is 0 Å². The van der Waals surface area contributed by atoms with Crippen LogP contribution >= 0.6 is 0 Å². The second-order valence-electron chi connectivity index (χ2n) is 6.15. The van der Waals surface area contributed by atoms with E-state index >= 15 is 0 Å². The van der Waals surface area contributed by atoms with Gasteiger partial charge >= 0.3 is 107 Å². The Morgan fingerprint density at radius 3 is 0.273 bits per heavy atom. The van der Waals surface area contributed by atoms with Crippen molar-refractivity contribution in [2.45, 2.75) is 0 Å². The van der Waals surface area contributed by atoms with E-state index in [2.05, 4.69) is 83.1 Å². The van der Waals surface area contributed by atoms with Gasteiger partial charge in [0.1, 0.15) is 0 Å². The molecule has 0 bridgehead atoms. The Labute approximate surface area is 352 Å². The molecule has 0 saturated heterocycles. The van der Waals surface area contributed by atoms with Crippen LogP contribution in [0.3, 0.4) is 0 Å². The molecule has 0 aliphatic heterocycles. The first-order valence-corrected chi connectivity index (χ1v) is 12.7. The maximum absolute atomic E-state index is 7.50. The van der Waals surface area contributed by atoms with E-state index in [-0.39, 0.29) is 50.3 Å². The first kappa shape index (κ1) is 78.4. The van der Waals surface area contributed by atoms with Gasteiger partial charge in [0.2, 0.25) is 0 Å². The minimum absolute atomic E-state index is 0. The molecule has 0 unspecified atom stereocenters. The van der Waals surface area contributed by atoms with Crippen LogP contribution in [0, 0.1) is 53.2 Å². The summed E-state index contributed by atoms with van der Waals surface area (Å²) in [5.74, 6) is 0. The van der Waals surface area contributed by atoms with Crippen LogP contribution < -0.4 is 0 Å². The maximum Gasteiger partial charge on any atom is 2.00 e. The Kier molecular flexibility index (Phi) is 168. The van der Waals surface area contributed by atoms with Gasteiger partial charge in [-0.15, -0.1) is 0 Å². The summed E-state index contributed by atoms with van der Waals surface area (Å²) >= 11 is 0. The molecule has 0 atom stereocenters. The molecule has 285 valence electrons. The molecule has 14 nitrogen and oxygen atoms in total. The summed E-state index contributed by atoms with van der Waals surface area (Å²) in [5, 5.41) is 0. The molecule has 0 fully saturated rings. The van der Waals surface area contributed by atoms with Gasteiger partial charge < -0.3 is 0 Å². The van der Waals surface area contributed by atoms with E-state index in [1.54, 1.807) is 74.4 Å². The van der Waals surface area contributed by atoms with Gasteiger partial charge in [-0.1, -0.05) is 36.4 Å². The van der Waals surface area contributed by atoms with Gasteiger partial charge in [0.15, 0.2) is 0 Å². The van der Waals surface area contributed by atoms with Crippen molar-refractivity contribution in [3.05, 3.63) is 237 Å². The Morgan fingerprint density at radius 2 is 0.255 bits per heavy atom. The third-order valence-electron chi connectivity index (χ3n) is 3.40. The fraction of sp³-hybridized carbons (Fsp3) is 0. The summed E-state index contributed by atoms with van der Waals surface area (Å²) in [6, 6.07) is 34.3. The van der Waals surface area contributed by atoms with Gasteiger partial charge in [0.05, 0.1) is 0 Å². The fourth-order valence-corrected chi connectivity index (χ4v) is 1.88. The van der Waals surface area contributed by atoms with Gasteiger partial charge in [0.25, 0.3) is 0 Å². The van der Waals surface area contributed by atoms with Crippen molar-refractivity contribution in [1.82, 2.24) is 29.9 Å². The second-order valence-corrected chi connectivity index (χ2v) is 6.15. The van der Waals surface area contributed by atoms with E-state index in [1.807, 2.05) is 109 Å². The molecule has 3 radical (unpaired) electrons. The zero-order valence-corrected chi connectivity index (χ0v) is 31.4. The van der Waals surface area contributed by atoms with Gasteiger partial charge in [-0.05, 0) is 72.8 Å². The van der Waals surface area contributed by atoms with Crippen LogP contribution in [0.1, 0.15) is 0 Å². The molecular formula is C38H30Co3N6O8+2. The minimum atomic E-state index is 0. The summed E-state index contributed by atoms with van der Waals surface area (Å²) < 4.78 is 60.0. The standard InChI is InChI=1S/6C5H5N.8CO.3Co/c6*1-2-4-6-5-3-1;8*1-2;;;/h6*1-5H;;;;;;;;;;;/q;;;;;;;;;;;;;;;;+2. The quantitative estimate of drug-likeness (QED) is 0.127. The van der Waals surface area contributed by atoms with Crippen molar-refractivity contribution in [2.75, 3.05) is 0 Å². The van der Waals surface area contributed by atoms with Gasteiger partial charge in [-0.2, -0.15) is 0 Å². The fourth-order valence-electron chi connectivity index (χ4n) is 1.88. The average Bonchev–Trinajstić information content (AvgIpc) is 3.33. The molecule has 6 aromatic rings. The predicted octanol–water partition coefficient (Wildman–Crippen LogP) is 6.18. The number of hydrogen-bond donors (Lipinski definition) is 0. The van der Waals surface area contributed by atoms with Crippen molar-refractivity contribution >= 4 is 0 Å². The molecule has 0 aromatic carbocycles. The summed E-state index contributed by atoms with van der Waals surface area (Å²) in [7, 11) is 0. The molecule has 0 aliphatic carbocycles. The minimum Gasteiger partial charge on any atom is -0.265 e. The monoisotopic (exact) mass is 875 g/mol. The summed E-state index contributed by atoms with van der Waals surface area (Å²) in [4.78, 5) is 22.7. The van der Waals surface area contributed by atoms with E-state index in [0.29, 0.717) is 0 Å². The number of nitrogens with zero attached hydrogens (tertiary/aromatic N) is 6. The third-order valence-corrected chi connectivity index (χ3v) is 3.40. The summed E-state index contributed by atoms with van der Waals surface area (Å²) in [6.07, 6.45) is 21.0. The molecule has 17 heteroatoms. The Morgan fingerprint density at radius 1 is 0.182 bits per heavy atom. The number of rotatable bonds is 0. The van der Waals surface area contributed by atoms with Gasteiger partial charge in [0, 0.05) is 108 Å². The average molecular weight is 875 g/mol. The first-order valence-electron chi connectivity index (χ1n) is 12.7. The number of hydrogen-bond acceptors (Lipinski definition) is 6. The molecule has 0 aliphatic rings. The van der Waals surface area contributed by atoms with Crippen molar-refractivity contribution in [2.24, 2.45) is 0 Å². The summed E-state index contributed by atoms with van der Waals surface area (Å²) in [5.41, 5.74) is 0. The maximum atomic E-state index is 7.50. The van der Waals surface area contributed by atoms with Crippen LogP contribution in [-0.4, -0.2) is 29.9 Å². The van der Waals surface area contributed by atoms with Crippen LogP contribution in [0.25, 0.3) is 0 Å². The molecule has 6 aromatic heterocycles. The SMILES string of the molecule is [C-]#[O+].[C-]#[O+].[C-]#[O+].[C-]#[O+].[C-]#[O+].[C-]#[O+].[C-]#[O+].[C-]#[O+].[Co+2].[Co].[Co].c1ccncc1.c1ccncc1.c1ccncc1.c1ccncc1.c1ccncc1.c1ccncc1. The largest absolute Gasteiger partial charge is 2.00 e. The first-order chi connectivity index (χ1) is 26.0. The molecule has 55 heavy (non-hydrogen) atoms. The zero-order valence-electron chi connectivity index (χ0n) is 28.3. The molecule has 0 saturated carbocycles. The van der Waals surface area contributed by atoms with Crippen molar-refractivity contribution in [1.29, 1.82) is 0 Å². The van der Waals surface area contributed by atoms with Crippen molar-refractivity contribution in [3.8, 4) is 0 Å². The predicted molar refractivity (Wildman–Crippen MR) is 177 cm³/mol. The molecule has 6 heterocycles. The van der Waals surface area contributed by atoms with E-state index < -0.39 is 0 Å². The molecule has 0 N–H and O–H groups in total. The second kappa shape index (κ2) is 118. The Balaban J connectivity index is -0.0000000433. The third kappa shape index (κ3) is 113. The van der Waals surface area contributed by atoms with Crippen LogP contribution in [-0.2, 0) is 87.6 Å². The Hall–Kier alpha value is -5.66. The van der Waals surface area contributed by atoms with Crippen LogP contribution in [0.2, 0.25) is 0 Å². The Bertz CT molecular complexity index is 1030. The number of pyridine rings is 6. The normalized spacial score (nSPS) is 5.53. The van der Waals surface area contributed by atoms with E-state index in [0.717, 1.165) is 0 Å². The van der Waals surface area contributed by atoms with E-state index in [1.165, 1.54) is 0 Å². The number of aromatic nitrogens is 6. The zero-order chi connectivity index (χ0) is 41.5. The van der Waals surface area contributed by atoms with Crippen LogP contribution in [0.4, 0.5) is 0 Å². The smallest absolute Gasteiger partial charge is 0.265 e. The molecular weight excluding hydrogens is 845 g/mol. The van der Waals surface area contributed by atoms with E-state index in [9.17, 15) is 0 Å². The van der Waals surface area contributed by atoms with Crippen molar-refractivity contribution in [3.63, 3.8) is 0 Å².